The van der Waals surface area contributed by atoms with Crippen LogP contribution in [0, 0.1) is 0 Å². The molecule has 1 nitrogen and oxygen atoms in total. The first-order valence-electron chi connectivity index (χ1n) is 4.56. The second kappa shape index (κ2) is 6.61. The van der Waals surface area contributed by atoms with Crippen LogP contribution < -0.4 is 0 Å². The van der Waals surface area contributed by atoms with Gasteiger partial charge in [-0.2, -0.15) is 65.9 Å². The molecule has 0 unspecified atom stereocenters. The molecule has 142 valence electrons. The van der Waals surface area contributed by atoms with Crippen LogP contribution in [0.3, 0.4) is 0 Å². The second-order valence-corrected chi connectivity index (χ2v) is 3.93. The predicted molar refractivity (Wildman–Crippen MR) is 45.1 cm³/mol. The molecule has 17 heteroatoms. The van der Waals surface area contributed by atoms with Crippen LogP contribution >= 0.6 is 0 Å². The number of hydrogen-bond donors (Lipinski definition) is 1. The van der Waals surface area contributed by atoms with Crippen LogP contribution in [0.25, 0.3) is 0 Å². The van der Waals surface area contributed by atoms with Gasteiger partial charge in [-0.3, -0.25) is 0 Å². The molecule has 0 bridgehead atoms. The molecule has 0 amide bonds. The van der Waals surface area contributed by atoms with Crippen molar-refractivity contribution in [1.29, 1.82) is 0 Å². The molecule has 0 aliphatic carbocycles. The van der Waals surface area contributed by atoms with Gasteiger partial charge in [-0.25, -0.2) is 0 Å². The van der Waals surface area contributed by atoms with Gasteiger partial charge in [0.1, 0.15) is 0 Å². The van der Waals surface area contributed by atoms with Gasteiger partial charge in [-0.1, -0.05) is 0 Å². The van der Waals surface area contributed by atoms with E-state index in [1.54, 1.807) is 0 Å². The Morgan fingerprint density at radius 2 is 0.500 bits per heavy atom. The minimum atomic E-state index is -8.23. The van der Waals surface area contributed by atoms with Crippen molar-refractivity contribution >= 4 is 51.4 Å². The summed E-state index contributed by atoms with van der Waals surface area (Å²) in [6, 6.07) is 0. The molecule has 0 aliphatic rings. The molecule has 0 aliphatic heterocycles. The number of hydrogen-bond acceptors (Lipinski definition) is 1. The van der Waals surface area contributed by atoms with Crippen molar-refractivity contribution in [3.63, 3.8) is 0 Å². The minimum absolute atomic E-state index is 0. The fraction of sp³-hybridized carbons (Fsp3) is 1.00. The summed E-state index contributed by atoms with van der Waals surface area (Å²) in [5, 5.41) is 8.19. The molecule has 24 heavy (non-hydrogen) atoms. The van der Waals surface area contributed by atoms with Crippen LogP contribution in [0.15, 0.2) is 0 Å². The molecule has 0 radical (unpaired) electrons. The van der Waals surface area contributed by atoms with Gasteiger partial charge in [-0.15, -0.1) is 0 Å². The Morgan fingerprint density at radius 1 is 0.375 bits per heavy atom. The van der Waals surface area contributed by atoms with Gasteiger partial charge in [0.15, 0.2) is 0 Å². The Labute approximate surface area is 163 Å². The maximum absolute atomic E-state index is 12.7. The quantitative estimate of drug-likeness (QED) is 0.540. The van der Waals surface area contributed by atoms with E-state index in [0.29, 0.717) is 0 Å². The predicted octanol–water partition coefficient (Wildman–Crippen LogP) is 3.66. The molecule has 0 aromatic heterocycles. The van der Waals surface area contributed by atoms with E-state index in [0.717, 1.165) is 0 Å². The average molecular weight is 426 g/mol. The fourth-order valence-electron chi connectivity index (χ4n) is 1.21. The Bertz CT molecular complexity index is 378. The van der Waals surface area contributed by atoms with Crippen LogP contribution in [0.5, 0.6) is 0 Å². The summed E-state index contributed by atoms with van der Waals surface area (Å²) >= 11 is 0. The molecule has 0 fully saturated rings. The third-order valence-corrected chi connectivity index (χ3v) is 2.43. The fourth-order valence-corrected chi connectivity index (χ4v) is 1.21. The zero-order chi connectivity index (χ0) is 19.5. The van der Waals surface area contributed by atoms with Gasteiger partial charge in [0.25, 0.3) is 5.60 Å². The van der Waals surface area contributed by atoms with Crippen LogP contribution in [0.2, 0.25) is 0 Å². The molecule has 0 saturated heterocycles. The Kier molecular flexibility index (Phi) is 7.38. The maximum atomic E-state index is 12.7. The Morgan fingerprint density at radius 3 is 0.583 bits per heavy atom. The van der Waals surface area contributed by atoms with E-state index in [1.807, 2.05) is 0 Å². The van der Waals surface area contributed by atoms with E-state index < -0.39 is 41.9 Å². The molecule has 1 N–H and O–H groups in total. The van der Waals surface area contributed by atoms with Gasteiger partial charge in [0.05, 0.1) is 0 Å². The molecular formula is C7H2F15KO. The summed E-state index contributed by atoms with van der Waals surface area (Å²) in [6.45, 7) is 0. The third kappa shape index (κ3) is 3.52. The van der Waals surface area contributed by atoms with Gasteiger partial charge >= 0.3 is 87.7 Å². The molecule has 0 aromatic rings. The van der Waals surface area contributed by atoms with Crippen LogP contribution in [-0.2, 0) is 0 Å². The van der Waals surface area contributed by atoms with Gasteiger partial charge in [0, 0.05) is 0 Å². The second-order valence-electron chi connectivity index (χ2n) is 3.93. The molecule has 0 atom stereocenters. The van der Waals surface area contributed by atoms with Crippen molar-refractivity contribution in [3.8, 4) is 0 Å². The summed E-state index contributed by atoms with van der Waals surface area (Å²) in [5.41, 5.74) is -8.23. The van der Waals surface area contributed by atoms with Crippen molar-refractivity contribution < 1.29 is 71.0 Å². The third-order valence-electron chi connectivity index (χ3n) is 2.43. The molecule has 0 spiro atoms. The molecular weight excluding hydrogens is 424 g/mol. The summed E-state index contributed by atoms with van der Waals surface area (Å²) in [5.74, 6) is -24.6. The number of rotatable bonds is 3. The number of aliphatic hydroxyl groups is 1. The summed E-state index contributed by atoms with van der Waals surface area (Å²) in [4.78, 5) is 0. The van der Waals surface area contributed by atoms with Crippen molar-refractivity contribution in [2.75, 3.05) is 0 Å². The molecule has 0 rings (SSSR count). The monoisotopic (exact) mass is 426 g/mol. The van der Waals surface area contributed by atoms with E-state index in [4.69, 9.17) is 5.11 Å². The number of alkyl halides is 15. The van der Waals surface area contributed by atoms with Crippen molar-refractivity contribution in [2.24, 2.45) is 0 Å². The first-order valence-corrected chi connectivity index (χ1v) is 4.56. The average Bonchev–Trinajstić information content (AvgIpc) is 2.22. The van der Waals surface area contributed by atoms with Crippen molar-refractivity contribution in [1.82, 2.24) is 0 Å². The SMILES string of the molecule is OC(C(F)(F)C(F)(F)F)(C(F)(F)C(F)(F)F)C(F)(F)C(F)(F)F.[KH]. The van der Waals surface area contributed by atoms with Gasteiger partial charge < -0.3 is 5.11 Å². The summed E-state index contributed by atoms with van der Waals surface area (Å²) in [6.07, 6.45) is -23.4. The normalized spacial score (nSPS) is 16.0. The van der Waals surface area contributed by atoms with Crippen LogP contribution in [-0.4, -0.2) is 98.4 Å². The zero-order valence-electron chi connectivity index (χ0n) is 9.62. The van der Waals surface area contributed by atoms with E-state index in [-0.39, 0.29) is 51.4 Å². The standard InChI is InChI=1S/C7HF15O.K.H/c8-2(9,5(14,15)16)1(23,3(10,11)6(17,18)19)4(12,13)7(20,21)22;;/h23H;;. The molecule has 0 heterocycles. The van der Waals surface area contributed by atoms with Crippen molar-refractivity contribution in [3.05, 3.63) is 0 Å². The van der Waals surface area contributed by atoms with E-state index in [1.165, 1.54) is 0 Å². The first kappa shape index (κ1) is 26.8. The zero-order valence-corrected chi connectivity index (χ0v) is 9.62. The number of halogens is 15. The molecule has 0 saturated carbocycles. The van der Waals surface area contributed by atoms with E-state index in [9.17, 15) is 65.9 Å². The Balaban J connectivity index is 0. The summed E-state index contributed by atoms with van der Waals surface area (Å²) in [7, 11) is 0. The Hall–Kier alpha value is 0.546. The van der Waals surface area contributed by atoms with Crippen LogP contribution in [0.1, 0.15) is 0 Å². The van der Waals surface area contributed by atoms with E-state index in [2.05, 4.69) is 0 Å². The summed E-state index contributed by atoms with van der Waals surface area (Å²) < 4.78 is 183. The molecule has 0 aromatic carbocycles. The van der Waals surface area contributed by atoms with Crippen molar-refractivity contribution in [2.45, 2.75) is 41.9 Å². The van der Waals surface area contributed by atoms with Gasteiger partial charge in [0.2, 0.25) is 0 Å². The topological polar surface area (TPSA) is 20.2 Å². The van der Waals surface area contributed by atoms with E-state index >= 15 is 0 Å². The first-order chi connectivity index (χ1) is 9.50. The van der Waals surface area contributed by atoms with Crippen LogP contribution in [0.4, 0.5) is 65.9 Å². The van der Waals surface area contributed by atoms with Gasteiger partial charge in [-0.05, 0) is 0 Å².